The van der Waals surface area contributed by atoms with Crippen molar-refractivity contribution in [2.45, 2.75) is 11.8 Å². The summed E-state index contributed by atoms with van der Waals surface area (Å²) >= 11 is 13.3. The lowest BCUT2D eigenvalue weighted by Crippen LogP contribution is -2.14. The van der Waals surface area contributed by atoms with Crippen molar-refractivity contribution in [3.05, 3.63) is 52.0 Å². The molecule has 2 aromatic rings. The summed E-state index contributed by atoms with van der Waals surface area (Å²) in [6.07, 6.45) is 0. The number of halogens is 2. The topological polar surface area (TPSA) is 55.1 Å². The Hall–Kier alpha value is -1.36. The van der Waals surface area contributed by atoms with Crippen LogP contribution in [0.2, 0.25) is 10.0 Å². The van der Waals surface area contributed by atoms with Crippen LogP contribution in [0.25, 0.3) is 0 Å². The van der Waals surface area contributed by atoms with Crippen LogP contribution in [0.4, 0.5) is 11.4 Å². The van der Waals surface area contributed by atoms with Crippen LogP contribution >= 0.6 is 35.0 Å². The van der Waals surface area contributed by atoms with E-state index >= 15 is 0 Å². The number of nitrogens with two attached hydrogens (primary N) is 1. The third kappa shape index (κ3) is 4.30. The Morgan fingerprint density at radius 1 is 1.29 bits per heavy atom. The van der Waals surface area contributed by atoms with E-state index in [0.29, 0.717) is 15.7 Å². The maximum atomic E-state index is 12.0. The molecule has 6 heteroatoms. The number of carbonyl (C=O) groups excluding carboxylic acids is 1. The van der Waals surface area contributed by atoms with Crippen LogP contribution in [0.1, 0.15) is 5.56 Å². The first kappa shape index (κ1) is 16.0. The van der Waals surface area contributed by atoms with Crippen LogP contribution in [0.15, 0.2) is 41.3 Å². The van der Waals surface area contributed by atoms with Gasteiger partial charge >= 0.3 is 0 Å². The van der Waals surface area contributed by atoms with E-state index in [1.807, 2.05) is 25.1 Å². The summed E-state index contributed by atoms with van der Waals surface area (Å²) in [4.78, 5) is 13.0. The number of hydrogen-bond donors (Lipinski definition) is 2. The molecule has 0 spiro atoms. The fraction of sp³-hybridized carbons (Fsp3) is 0.133. The van der Waals surface area contributed by atoms with Gasteiger partial charge in [-0.05, 0) is 42.8 Å². The Morgan fingerprint density at radius 2 is 2.05 bits per heavy atom. The molecule has 3 nitrogen and oxygen atoms in total. The van der Waals surface area contributed by atoms with Crippen molar-refractivity contribution in [3.8, 4) is 0 Å². The van der Waals surface area contributed by atoms with Gasteiger partial charge in [-0.3, -0.25) is 4.79 Å². The van der Waals surface area contributed by atoms with Crippen molar-refractivity contribution in [3.63, 3.8) is 0 Å². The highest BCUT2D eigenvalue weighted by molar-refractivity contribution is 8.00. The molecule has 2 aromatic carbocycles. The van der Waals surface area contributed by atoms with Gasteiger partial charge in [0.05, 0.1) is 16.5 Å². The number of nitrogen functional groups attached to an aromatic ring is 1. The van der Waals surface area contributed by atoms with Crippen LogP contribution in [0, 0.1) is 6.92 Å². The van der Waals surface area contributed by atoms with Gasteiger partial charge in [-0.2, -0.15) is 0 Å². The average Bonchev–Trinajstić information content (AvgIpc) is 2.44. The highest BCUT2D eigenvalue weighted by Crippen LogP contribution is 2.28. The van der Waals surface area contributed by atoms with Gasteiger partial charge in [-0.1, -0.05) is 29.3 Å². The minimum Gasteiger partial charge on any atom is -0.398 e. The second-order valence-corrected chi connectivity index (χ2v) is 6.29. The standard InChI is InChI=1S/C15H14Cl2N2OS/c1-9-12(18)3-2-4-14(9)21-8-15(20)19-13-7-10(16)5-6-11(13)17/h2-7H,8,18H2,1H3,(H,19,20). The Bertz CT molecular complexity index is 677. The third-order valence-electron chi connectivity index (χ3n) is 2.89. The monoisotopic (exact) mass is 340 g/mol. The molecule has 3 N–H and O–H groups in total. The molecule has 21 heavy (non-hydrogen) atoms. The first-order chi connectivity index (χ1) is 9.97. The number of amides is 1. The van der Waals surface area contributed by atoms with Gasteiger partial charge in [0.2, 0.25) is 5.91 Å². The Kier molecular flexibility index (Phi) is 5.39. The van der Waals surface area contributed by atoms with Gasteiger partial charge < -0.3 is 11.1 Å². The zero-order chi connectivity index (χ0) is 15.4. The van der Waals surface area contributed by atoms with Crippen molar-refractivity contribution >= 4 is 52.2 Å². The Labute approximate surface area is 137 Å². The number of nitrogens with one attached hydrogen (secondary N) is 1. The second-order valence-electron chi connectivity index (χ2n) is 4.43. The summed E-state index contributed by atoms with van der Waals surface area (Å²) < 4.78 is 0. The van der Waals surface area contributed by atoms with Crippen molar-refractivity contribution in [1.82, 2.24) is 0 Å². The lowest BCUT2D eigenvalue weighted by Gasteiger charge is -2.09. The summed E-state index contributed by atoms with van der Waals surface area (Å²) in [5, 5.41) is 3.73. The highest BCUT2D eigenvalue weighted by Gasteiger charge is 2.09. The maximum absolute atomic E-state index is 12.0. The molecule has 0 aliphatic heterocycles. The first-order valence-electron chi connectivity index (χ1n) is 6.20. The largest absolute Gasteiger partial charge is 0.398 e. The number of anilines is 2. The highest BCUT2D eigenvalue weighted by atomic mass is 35.5. The fourth-order valence-electron chi connectivity index (χ4n) is 1.71. The number of rotatable bonds is 4. The summed E-state index contributed by atoms with van der Waals surface area (Å²) in [7, 11) is 0. The number of benzene rings is 2. The van der Waals surface area contributed by atoms with E-state index in [0.717, 1.165) is 16.1 Å². The summed E-state index contributed by atoms with van der Waals surface area (Å²) in [5.74, 6) is 0.124. The lowest BCUT2D eigenvalue weighted by atomic mass is 10.2. The smallest absolute Gasteiger partial charge is 0.234 e. The molecule has 0 aliphatic rings. The van der Waals surface area contributed by atoms with Crippen LogP contribution in [-0.2, 0) is 4.79 Å². The van der Waals surface area contributed by atoms with Gasteiger partial charge in [-0.15, -0.1) is 11.8 Å². The van der Waals surface area contributed by atoms with Crippen LogP contribution in [0.3, 0.4) is 0 Å². The third-order valence-corrected chi connectivity index (χ3v) is 4.61. The summed E-state index contributed by atoms with van der Waals surface area (Å²) in [6, 6.07) is 10.6. The molecule has 0 unspecified atom stereocenters. The molecular formula is C15H14Cl2N2OS. The van der Waals surface area contributed by atoms with E-state index in [4.69, 9.17) is 28.9 Å². The normalized spacial score (nSPS) is 10.4. The zero-order valence-electron chi connectivity index (χ0n) is 11.3. The first-order valence-corrected chi connectivity index (χ1v) is 7.94. The van der Waals surface area contributed by atoms with Crippen molar-refractivity contribution in [2.24, 2.45) is 0 Å². The van der Waals surface area contributed by atoms with E-state index < -0.39 is 0 Å². The van der Waals surface area contributed by atoms with Crippen LogP contribution < -0.4 is 11.1 Å². The minimum atomic E-state index is -0.147. The molecule has 0 heterocycles. The number of hydrogen-bond acceptors (Lipinski definition) is 3. The number of thioether (sulfide) groups is 1. The molecule has 0 saturated heterocycles. The van der Waals surface area contributed by atoms with Crippen molar-refractivity contribution < 1.29 is 4.79 Å². The van der Waals surface area contributed by atoms with Crippen molar-refractivity contribution in [1.29, 1.82) is 0 Å². The molecular weight excluding hydrogens is 327 g/mol. The second kappa shape index (κ2) is 7.07. The summed E-state index contributed by atoms with van der Waals surface area (Å²) in [5.41, 5.74) is 8.06. The fourth-order valence-corrected chi connectivity index (χ4v) is 2.92. The molecule has 0 atom stereocenters. The molecule has 1 amide bonds. The lowest BCUT2D eigenvalue weighted by molar-refractivity contribution is -0.113. The molecule has 0 radical (unpaired) electrons. The van der Waals surface area contributed by atoms with Crippen molar-refractivity contribution in [2.75, 3.05) is 16.8 Å². The van der Waals surface area contributed by atoms with E-state index in [-0.39, 0.29) is 11.7 Å². The SMILES string of the molecule is Cc1c(N)cccc1SCC(=O)Nc1cc(Cl)ccc1Cl. The summed E-state index contributed by atoms with van der Waals surface area (Å²) in [6.45, 7) is 1.93. The zero-order valence-corrected chi connectivity index (χ0v) is 13.6. The van der Waals surface area contributed by atoms with Gasteiger partial charge in [0.15, 0.2) is 0 Å². The molecule has 110 valence electrons. The quantitative estimate of drug-likeness (QED) is 0.630. The van der Waals surface area contributed by atoms with E-state index in [1.165, 1.54) is 11.8 Å². The van der Waals surface area contributed by atoms with E-state index in [2.05, 4.69) is 5.32 Å². The molecule has 0 aliphatic carbocycles. The molecule has 0 bridgehead atoms. The maximum Gasteiger partial charge on any atom is 0.234 e. The van der Waals surface area contributed by atoms with Gasteiger partial charge in [-0.25, -0.2) is 0 Å². The van der Waals surface area contributed by atoms with E-state index in [9.17, 15) is 4.79 Å². The van der Waals surface area contributed by atoms with Gasteiger partial charge in [0.1, 0.15) is 0 Å². The molecule has 0 aromatic heterocycles. The van der Waals surface area contributed by atoms with Gasteiger partial charge in [0, 0.05) is 15.6 Å². The molecule has 2 rings (SSSR count). The van der Waals surface area contributed by atoms with Gasteiger partial charge in [0.25, 0.3) is 0 Å². The minimum absolute atomic E-state index is 0.147. The van der Waals surface area contributed by atoms with Crippen LogP contribution in [0.5, 0.6) is 0 Å². The predicted molar refractivity (Wildman–Crippen MR) is 91.4 cm³/mol. The Morgan fingerprint density at radius 3 is 2.81 bits per heavy atom. The van der Waals surface area contributed by atoms with E-state index in [1.54, 1.807) is 18.2 Å². The predicted octanol–water partition coefficient (Wildman–Crippen LogP) is 4.61. The Balaban J connectivity index is 1.99. The van der Waals surface area contributed by atoms with Crippen LogP contribution in [-0.4, -0.2) is 11.7 Å². The average molecular weight is 341 g/mol. The molecule has 0 fully saturated rings. The molecule has 0 saturated carbocycles. The number of carbonyl (C=O) groups is 1.